The SMILES string of the molecule is Cc1nc(=O)n(C2CCOCC2)c(C)c1C(C)C(=O)O. The van der Waals surface area contributed by atoms with Gasteiger partial charge in [0.1, 0.15) is 0 Å². The Kier molecular flexibility index (Phi) is 4.23. The van der Waals surface area contributed by atoms with Crippen LogP contribution in [-0.2, 0) is 9.53 Å². The first-order chi connectivity index (χ1) is 9.43. The summed E-state index contributed by atoms with van der Waals surface area (Å²) in [5, 5.41) is 9.22. The number of nitrogens with zero attached hydrogens (tertiary/aromatic N) is 2. The first-order valence-corrected chi connectivity index (χ1v) is 6.83. The monoisotopic (exact) mass is 280 g/mol. The molecule has 1 fully saturated rings. The van der Waals surface area contributed by atoms with E-state index in [2.05, 4.69) is 4.98 Å². The van der Waals surface area contributed by atoms with E-state index in [1.807, 2.05) is 0 Å². The van der Waals surface area contributed by atoms with Gasteiger partial charge < -0.3 is 9.84 Å². The Bertz CT molecular complexity index is 573. The van der Waals surface area contributed by atoms with Gasteiger partial charge in [-0.25, -0.2) is 4.79 Å². The van der Waals surface area contributed by atoms with E-state index < -0.39 is 11.9 Å². The van der Waals surface area contributed by atoms with Crippen molar-refractivity contribution in [1.29, 1.82) is 0 Å². The Morgan fingerprint density at radius 2 is 2.00 bits per heavy atom. The maximum absolute atomic E-state index is 12.2. The molecule has 0 saturated carbocycles. The van der Waals surface area contributed by atoms with Crippen molar-refractivity contribution in [3.8, 4) is 0 Å². The number of aliphatic carboxylic acids is 1. The van der Waals surface area contributed by atoms with Gasteiger partial charge in [0.2, 0.25) is 0 Å². The molecule has 20 heavy (non-hydrogen) atoms. The Hall–Kier alpha value is -1.69. The summed E-state index contributed by atoms with van der Waals surface area (Å²) >= 11 is 0. The highest BCUT2D eigenvalue weighted by atomic mass is 16.5. The normalized spacial score (nSPS) is 17.9. The summed E-state index contributed by atoms with van der Waals surface area (Å²) in [6.07, 6.45) is 1.51. The molecule has 1 atom stereocenters. The van der Waals surface area contributed by atoms with Gasteiger partial charge >= 0.3 is 11.7 Å². The van der Waals surface area contributed by atoms with Crippen molar-refractivity contribution < 1.29 is 14.6 Å². The van der Waals surface area contributed by atoms with Crippen molar-refractivity contribution in [2.75, 3.05) is 13.2 Å². The number of carboxylic acids is 1. The van der Waals surface area contributed by atoms with Crippen molar-refractivity contribution in [2.45, 2.75) is 45.6 Å². The predicted octanol–water partition coefficient (Wildman–Crippen LogP) is 1.40. The fourth-order valence-electron chi connectivity index (χ4n) is 2.92. The smallest absolute Gasteiger partial charge is 0.348 e. The average molecular weight is 280 g/mol. The predicted molar refractivity (Wildman–Crippen MR) is 73.1 cm³/mol. The third-order valence-corrected chi connectivity index (χ3v) is 3.97. The maximum atomic E-state index is 12.2. The van der Waals surface area contributed by atoms with Crippen LogP contribution in [0, 0.1) is 13.8 Å². The van der Waals surface area contributed by atoms with Crippen molar-refractivity contribution in [2.24, 2.45) is 0 Å². The van der Waals surface area contributed by atoms with Gasteiger partial charge in [0.05, 0.1) is 5.92 Å². The van der Waals surface area contributed by atoms with E-state index in [4.69, 9.17) is 4.74 Å². The Balaban J connectivity index is 2.54. The first kappa shape index (κ1) is 14.7. The van der Waals surface area contributed by atoms with Crippen LogP contribution in [0.25, 0.3) is 0 Å². The van der Waals surface area contributed by atoms with Crippen LogP contribution in [0.4, 0.5) is 0 Å². The quantitative estimate of drug-likeness (QED) is 0.905. The molecule has 1 aliphatic rings. The lowest BCUT2D eigenvalue weighted by molar-refractivity contribution is -0.138. The zero-order valence-corrected chi connectivity index (χ0v) is 12.0. The summed E-state index contributed by atoms with van der Waals surface area (Å²) < 4.78 is 6.95. The van der Waals surface area contributed by atoms with Gasteiger partial charge in [-0.05, 0) is 33.6 Å². The second kappa shape index (κ2) is 5.75. The van der Waals surface area contributed by atoms with Crippen LogP contribution in [0.3, 0.4) is 0 Å². The van der Waals surface area contributed by atoms with Gasteiger partial charge in [-0.3, -0.25) is 9.36 Å². The summed E-state index contributed by atoms with van der Waals surface area (Å²) in [6, 6.07) is 0.0455. The van der Waals surface area contributed by atoms with E-state index in [9.17, 15) is 14.7 Å². The average Bonchev–Trinajstić information content (AvgIpc) is 2.39. The molecule has 1 saturated heterocycles. The molecule has 6 nitrogen and oxygen atoms in total. The number of aryl methyl sites for hydroxylation is 1. The Morgan fingerprint density at radius 1 is 1.40 bits per heavy atom. The molecule has 0 spiro atoms. The van der Waals surface area contributed by atoms with Crippen LogP contribution >= 0.6 is 0 Å². The standard InChI is InChI=1S/C14H20N2O4/c1-8(13(17)18)12-9(2)15-14(19)16(10(12)3)11-4-6-20-7-5-11/h8,11H,4-7H2,1-3H3,(H,17,18). The summed E-state index contributed by atoms with van der Waals surface area (Å²) in [5.41, 5.74) is 1.56. The van der Waals surface area contributed by atoms with E-state index in [1.54, 1.807) is 25.3 Å². The minimum Gasteiger partial charge on any atom is -0.481 e. The van der Waals surface area contributed by atoms with Crippen LogP contribution < -0.4 is 5.69 Å². The van der Waals surface area contributed by atoms with E-state index in [0.29, 0.717) is 30.2 Å². The van der Waals surface area contributed by atoms with Crippen molar-refractivity contribution in [1.82, 2.24) is 9.55 Å². The number of hydrogen-bond donors (Lipinski definition) is 1. The largest absolute Gasteiger partial charge is 0.481 e. The van der Waals surface area contributed by atoms with E-state index in [0.717, 1.165) is 12.8 Å². The fraction of sp³-hybridized carbons (Fsp3) is 0.643. The molecule has 6 heteroatoms. The number of carboxylic acid groups (broad SMARTS) is 1. The van der Waals surface area contributed by atoms with Crippen LogP contribution in [0.2, 0.25) is 0 Å². The molecule has 1 N–H and O–H groups in total. The maximum Gasteiger partial charge on any atom is 0.348 e. The minimum atomic E-state index is -0.907. The molecule has 1 unspecified atom stereocenters. The lowest BCUT2D eigenvalue weighted by Gasteiger charge is -2.27. The van der Waals surface area contributed by atoms with E-state index >= 15 is 0 Å². The van der Waals surface area contributed by atoms with Crippen molar-refractivity contribution in [3.63, 3.8) is 0 Å². The molecule has 110 valence electrons. The third-order valence-electron chi connectivity index (χ3n) is 3.97. The minimum absolute atomic E-state index is 0.0455. The second-order valence-electron chi connectivity index (χ2n) is 5.25. The highest BCUT2D eigenvalue weighted by Gasteiger charge is 2.25. The molecule has 2 rings (SSSR count). The number of hydrogen-bond acceptors (Lipinski definition) is 4. The Labute approximate surface area is 117 Å². The van der Waals surface area contributed by atoms with Gasteiger partial charge in [0.25, 0.3) is 0 Å². The van der Waals surface area contributed by atoms with Gasteiger partial charge in [0, 0.05) is 36.2 Å². The summed E-state index contributed by atoms with van der Waals surface area (Å²) in [6.45, 7) is 6.36. The van der Waals surface area contributed by atoms with Gasteiger partial charge in [-0.15, -0.1) is 0 Å². The zero-order valence-electron chi connectivity index (χ0n) is 12.0. The number of aromatic nitrogens is 2. The lowest BCUT2D eigenvalue weighted by Crippen LogP contribution is -2.34. The summed E-state index contributed by atoms with van der Waals surface area (Å²) in [5.74, 6) is -1.58. The molecule has 0 aromatic carbocycles. The highest BCUT2D eigenvalue weighted by Crippen LogP contribution is 2.26. The zero-order chi connectivity index (χ0) is 14.9. The number of rotatable bonds is 3. The molecule has 0 radical (unpaired) electrons. The highest BCUT2D eigenvalue weighted by molar-refractivity contribution is 5.76. The molecular weight excluding hydrogens is 260 g/mol. The van der Waals surface area contributed by atoms with Gasteiger partial charge in [-0.1, -0.05) is 0 Å². The van der Waals surface area contributed by atoms with E-state index in [1.165, 1.54) is 0 Å². The molecule has 0 amide bonds. The fourth-order valence-corrected chi connectivity index (χ4v) is 2.92. The summed E-state index contributed by atoms with van der Waals surface area (Å²) in [7, 11) is 0. The molecule has 1 aromatic rings. The molecule has 1 aromatic heterocycles. The molecular formula is C14H20N2O4. The molecule has 0 aliphatic carbocycles. The van der Waals surface area contributed by atoms with Crippen LogP contribution in [0.1, 0.15) is 48.7 Å². The van der Waals surface area contributed by atoms with Gasteiger partial charge in [0.15, 0.2) is 0 Å². The lowest BCUT2D eigenvalue weighted by atomic mass is 9.97. The van der Waals surface area contributed by atoms with E-state index in [-0.39, 0.29) is 11.7 Å². The van der Waals surface area contributed by atoms with Crippen LogP contribution in [-0.4, -0.2) is 33.8 Å². The summed E-state index contributed by atoms with van der Waals surface area (Å²) in [4.78, 5) is 27.4. The van der Waals surface area contributed by atoms with Crippen LogP contribution in [0.5, 0.6) is 0 Å². The number of carbonyl (C=O) groups is 1. The second-order valence-corrected chi connectivity index (χ2v) is 5.25. The third kappa shape index (κ3) is 2.60. The molecule has 0 bridgehead atoms. The molecule has 1 aliphatic heterocycles. The first-order valence-electron chi connectivity index (χ1n) is 6.83. The van der Waals surface area contributed by atoms with Crippen LogP contribution in [0.15, 0.2) is 4.79 Å². The van der Waals surface area contributed by atoms with Crippen molar-refractivity contribution in [3.05, 3.63) is 27.4 Å². The Morgan fingerprint density at radius 3 is 2.55 bits per heavy atom. The molecule has 2 heterocycles. The number of ether oxygens (including phenoxy) is 1. The van der Waals surface area contributed by atoms with Gasteiger partial charge in [-0.2, -0.15) is 4.98 Å². The topological polar surface area (TPSA) is 81.4 Å². The van der Waals surface area contributed by atoms with Crippen molar-refractivity contribution >= 4 is 5.97 Å².